The SMILES string of the molecule is CNC.c1cc2c3nnn(c3c1)C2. The lowest BCUT2D eigenvalue weighted by Crippen LogP contribution is -1.99. The van der Waals surface area contributed by atoms with Gasteiger partial charge in [-0.2, -0.15) is 0 Å². The number of hydrogen-bond acceptors (Lipinski definition) is 3. The molecule has 68 valence electrons. The molecule has 0 atom stereocenters. The second-order valence-corrected chi connectivity index (χ2v) is 3.03. The van der Waals surface area contributed by atoms with E-state index < -0.39 is 0 Å². The molecule has 0 spiro atoms. The number of hydrogen-bond donors (Lipinski definition) is 1. The maximum absolute atomic E-state index is 4.00. The summed E-state index contributed by atoms with van der Waals surface area (Å²) in [5.74, 6) is 0. The Hall–Kier alpha value is -1.42. The molecule has 3 rings (SSSR count). The van der Waals surface area contributed by atoms with E-state index in [0.29, 0.717) is 0 Å². The Bertz CT molecular complexity index is 418. The third kappa shape index (κ3) is 1.19. The van der Waals surface area contributed by atoms with Gasteiger partial charge in [-0.3, -0.25) is 0 Å². The lowest BCUT2D eigenvalue weighted by molar-refractivity contribution is 0.664. The highest BCUT2D eigenvalue weighted by Crippen LogP contribution is 2.23. The van der Waals surface area contributed by atoms with E-state index in [1.54, 1.807) is 0 Å². The molecule has 1 aliphatic heterocycles. The molecule has 0 radical (unpaired) electrons. The van der Waals surface area contributed by atoms with E-state index in [1.807, 2.05) is 30.9 Å². The number of nitrogens with zero attached hydrogens (tertiary/aromatic N) is 3. The van der Waals surface area contributed by atoms with Crippen LogP contribution in [-0.4, -0.2) is 29.1 Å². The Morgan fingerprint density at radius 2 is 2.15 bits per heavy atom. The first-order valence-electron chi connectivity index (χ1n) is 4.26. The average molecular weight is 176 g/mol. The van der Waals surface area contributed by atoms with Crippen molar-refractivity contribution in [1.29, 1.82) is 0 Å². The summed E-state index contributed by atoms with van der Waals surface area (Å²) in [6, 6.07) is 6.19. The quantitative estimate of drug-likeness (QED) is 0.546. The molecule has 1 aromatic heterocycles. The van der Waals surface area contributed by atoms with E-state index in [4.69, 9.17) is 0 Å². The van der Waals surface area contributed by atoms with Crippen molar-refractivity contribution in [3.05, 3.63) is 23.8 Å². The van der Waals surface area contributed by atoms with Crippen LogP contribution in [0, 0.1) is 0 Å². The Morgan fingerprint density at radius 3 is 2.77 bits per heavy atom. The van der Waals surface area contributed by atoms with Gasteiger partial charge >= 0.3 is 0 Å². The van der Waals surface area contributed by atoms with E-state index in [1.165, 1.54) is 5.56 Å². The standard InChI is InChI=1S/C7H5N3.C2H7N/c1-2-5-4-10-6(3-1)7(5)8-9-10;1-3-2/h1-3H,4H2;3H,1-2H3. The molecule has 4 nitrogen and oxygen atoms in total. The molecule has 13 heavy (non-hydrogen) atoms. The zero-order chi connectivity index (χ0) is 9.26. The first kappa shape index (κ1) is 8.19. The molecule has 4 heteroatoms. The van der Waals surface area contributed by atoms with Gasteiger partial charge in [0.1, 0.15) is 5.52 Å². The zero-order valence-electron chi connectivity index (χ0n) is 7.78. The van der Waals surface area contributed by atoms with Crippen LogP contribution >= 0.6 is 0 Å². The second kappa shape index (κ2) is 3.14. The number of rotatable bonds is 0. The van der Waals surface area contributed by atoms with Crippen molar-refractivity contribution in [1.82, 2.24) is 20.3 Å². The van der Waals surface area contributed by atoms with Crippen molar-refractivity contribution in [3.8, 4) is 0 Å². The van der Waals surface area contributed by atoms with Gasteiger partial charge in [0.2, 0.25) is 0 Å². The van der Waals surface area contributed by atoms with Gasteiger partial charge < -0.3 is 5.32 Å². The van der Waals surface area contributed by atoms with Crippen molar-refractivity contribution in [3.63, 3.8) is 0 Å². The highest BCUT2D eigenvalue weighted by atomic mass is 15.4. The highest BCUT2D eigenvalue weighted by Gasteiger charge is 2.15. The molecule has 0 saturated heterocycles. The van der Waals surface area contributed by atoms with Gasteiger partial charge in [-0.15, -0.1) is 5.10 Å². The summed E-state index contributed by atoms with van der Waals surface area (Å²) in [5.41, 5.74) is 3.53. The summed E-state index contributed by atoms with van der Waals surface area (Å²) in [7, 11) is 3.75. The monoisotopic (exact) mass is 176 g/mol. The maximum Gasteiger partial charge on any atom is 0.118 e. The number of benzene rings is 1. The van der Waals surface area contributed by atoms with Gasteiger partial charge in [-0.1, -0.05) is 17.3 Å². The third-order valence-corrected chi connectivity index (χ3v) is 1.95. The van der Waals surface area contributed by atoms with E-state index in [0.717, 1.165) is 17.6 Å². The maximum atomic E-state index is 4.00. The van der Waals surface area contributed by atoms with Crippen LogP contribution in [0.15, 0.2) is 18.2 Å². The Kier molecular flexibility index (Phi) is 1.98. The molecule has 0 amide bonds. The molecule has 0 saturated carbocycles. The van der Waals surface area contributed by atoms with Crippen LogP contribution in [-0.2, 0) is 6.54 Å². The molecule has 4 bridgehead atoms. The summed E-state index contributed by atoms with van der Waals surface area (Å²) in [6.45, 7) is 0.918. The van der Waals surface area contributed by atoms with Crippen LogP contribution in [0.4, 0.5) is 0 Å². The van der Waals surface area contributed by atoms with E-state index in [-0.39, 0.29) is 0 Å². The summed E-state index contributed by atoms with van der Waals surface area (Å²) < 4.78 is 1.92. The van der Waals surface area contributed by atoms with Gasteiger partial charge in [-0.05, 0) is 20.2 Å². The molecule has 2 aromatic rings. The predicted molar refractivity (Wildman–Crippen MR) is 51.6 cm³/mol. The van der Waals surface area contributed by atoms with Crippen molar-refractivity contribution < 1.29 is 0 Å². The summed E-state index contributed by atoms with van der Waals surface area (Å²) in [5, 5.41) is 10.7. The molecule has 0 aliphatic carbocycles. The molecular weight excluding hydrogens is 164 g/mol. The lowest BCUT2D eigenvalue weighted by atomic mass is 10.2. The third-order valence-electron chi connectivity index (χ3n) is 1.95. The molecular formula is C9H12N4. The predicted octanol–water partition coefficient (Wildman–Crippen LogP) is 0.629. The van der Waals surface area contributed by atoms with E-state index >= 15 is 0 Å². The van der Waals surface area contributed by atoms with Crippen molar-refractivity contribution >= 4 is 11.0 Å². The van der Waals surface area contributed by atoms with Crippen LogP contribution in [0.5, 0.6) is 0 Å². The molecule has 0 fully saturated rings. The number of nitrogens with one attached hydrogen (secondary N) is 1. The molecule has 1 aromatic carbocycles. The largest absolute Gasteiger partial charge is 0.323 e. The topological polar surface area (TPSA) is 42.7 Å². The molecule has 1 N–H and O–H groups in total. The number of aromatic nitrogens is 3. The zero-order valence-corrected chi connectivity index (χ0v) is 7.78. The summed E-state index contributed by atoms with van der Waals surface area (Å²) in [6.07, 6.45) is 0. The van der Waals surface area contributed by atoms with Gasteiger partial charge in [0.25, 0.3) is 0 Å². The lowest BCUT2D eigenvalue weighted by Gasteiger charge is -1.92. The Balaban J connectivity index is 0.000000196. The minimum Gasteiger partial charge on any atom is -0.323 e. The van der Waals surface area contributed by atoms with Gasteiger partial charge in [0.05, 0.1) is 12.1 Å². The van der Waals surface area contributed by atoms with Crippen molar-refractivity contribution in [2.24, 2.45) is 0 Å². The van der Waals surface area contributed by atoms with Crippen LogP contribution in [0.2, 0.25) is 0 Å². The first-order valence-corrected chi connectivity index (χ1v) is 4.26. The van der Waals surface area contributed by atoms with E-state index in [2.05, 4.69) is 21.7 Å². The molecule has 0 unspecified atom stereocenters. The fourth-order valence-corrected chi connectivity index (χ4v) is 1.45. The van der Waals surface area contributed by atoms with Gasteiger partial charge in [-0.25, -0.2) is 4.68 Å². The van der Waals surface area contributed by atoms with E-state index in [9.17, 15) is 0 Å². The highest BCUT2D eigenvalue weighted by molar-refractivity contribution is 5.81. The van der Waals surface area contributed by atoms with Crippen LogP contribution in [0.3, 0.4) is 0 Å². The Labute approximate surface area is 76.6 Å². The van der Waals surface area contributed by atoms with Gasteiger partial charge in [0, 0.05) is 5.56 Å². The van der Waals surface area contributed by atoms with Crippen LogP contribution in [0.25, 0.3) is 11.0 Å². The van der Waals surface area contributed by atoms with Crippen LogP contribution in [0.1, 0.15) is 5.56 Å². The average Bonchev–Trinajstić information content (AvgIpc) is 2.61. The van der Waals surface area contributed by atoms with Gasteiger partial charge in [0.15, 0.2) is 0 Å². The molecule has 1 aliphatic rings. The smallest absolute Gasteiger partial charge is 0.118 e. The van der Waals surface area contributed by atoms with Crippen molar-refractivity contribution in [2.75, 3.05) is 14.1 Å². The first-order chi connectivity index (χ1) is 6.36. The van der Waals surface area contributed by atoms with Crippen molar-refractivity contribution in [2.45, 2.75) is 6.54 Å². The summed E-state index contributed by atoms with van der Waals surface area (Å²) in [4.78, 5) is 0. The second-order valence-electron chi connectivity index (χ2n) is 3.03. The molecule has 2 heterocycles. The minimum atomic E-state index is 0.918. The fourth-order valence-electron chi connectivity index (χ4n) is 1.45. The van der Waals surface area contributed by atoms with Crippen LogP contribution < -0.4 is 5.32 Å². The minimum absolute atomic E-state index is 0.918. The summed E-state index contributed by atoms with van der Waals surface area (Å²) >= 11 is 0. The fraction of sp³-hybridized carbons (Fsp3) is 0.333. The Morgan fingerprint density at radius 1 is 1.38 bits per heavy atom. The normalized spacial score (nSPS) is 11.8.